The van der Waals surface area contributed by atoms with Crippen LogP contribution in [0.1, 0.15) is 19.3 Å². The van der Waals surface area contributed by atoms with Crippen LogP contribution in [0.3, 0.4) is 0 Å². The molecule has 13 heavy (non-hydrogen) atoms. The molecule has 2 rings (SSSR count). The summed E-state index contributed by atoms with van der Waals surface area (Å²) in [5.74, 6) is 0.190. The molecule has 2 unspecified atom stereocenters. The molecule has 4 nitrogen and oxygen atoms in total. The van der Waals surface area contributed by atoms with Crippen LogP contribution < -0.4 is 0 Å². The predicted octanol–water partition coefficient (Wildman–Crippen LogP) is 1.59. The van der Waals surface area contributed by atoms with Gasteiger partial charge in [-0.1, -0.05) is 18.2 Å². The van der Waals surface area contributed by atoms with E-state index >= 15 is 0 Å². The molecule has 0 aliphatic heterocycles. The van der Waals surface area contributed by atoms with Crippen molar-refractivity contribution >= 4 is 11.8 Å². The van der Waals surface area contributed by atoms with E-state index in [0.29, 0.717) is 5.25 Å². The molecule has 1 aliphatic rings. The van der Waals surface area contributed by atoms with Crippen molar-refractivity contribution in [3.05, 3.63) is 6.33 Å². The van der Waals surface area contributed by atoms with Crippen molar-refractivity contribution in [2.45, 2.75) is 29.7 Å². The molecule has 1 heterocycles. The first-order chi connectivity index (χ1) is 6.40. The molecule has 0 amide bonds. The van der Waals surface area contributed by atoms with Crippen molar-refractivity contribution in [3.8, 4) is 6.07 Å². The van der Waals surface area contributed by atoms with Gasteiger partial charge in [-0.2, -0.15) is 10.4 Å². The van der Waals surface area contributed by atoms with Crippen LogP contribution in [0, 0.1) is 17.2 Å². The number of thioether (sulfide) groups is 1. The lowest BCUT2D eigenvalue weighted by molar-refractivity contribution is 0.712. The lowest BCUT2D eigenvalue weighted by Gasteiger charge is -2.09. The summed E-state index contributed by atoms with van der Waals surface area (Å²) < 4.78 is 0. The topological polar surface area (TPSA) is 65.4 Å². The van der Waals surface area contributed by atoms with E-state index in [1.807, 2.05) is 0 Å². The molecule has 1 aromatic rings. The zero-order valence-corrected chi connectivity index (χ0v) is 7.92. The van der Waals surface area contributed by atoms with Crippen LogP contribution >= 0.6 is 11.8 Å². The summed E-state index contributed by atoms with van der Waals surface area (Å²) >= 11 is 1.64. The van der Waals surface area contributed by atoms with Gasteiger partial charge in [-0.05, 0) is 12.8 Å². The standard InChI is InChI=1S/C8H10N4S/c9-4-6-2-1-3-7(6)13-8-10-5-11-12-8/h5-7H,1-3H2,(H,10,11,12). The first-order valence-electron chi connectivity index (χ1n) is 4.32. The Morgan fingerprint density at radius 3 is 3.23 bits per heavy atom. The third-order valence-electron chi connectivity index (χ3n) is 2.27. The number of nitrogens with zero attached hydrogens (tertiary/aromatic N) is 3. The summed E-state index contributed by atoms with van der Waals surface area (Å²) in [6.07, 6.45) is 4.80. The minimum absolute atomic E-state index is 0.190. The second kappa shape index (κ2) is 3.79. The van der Waals surface area contributed by atoms with Gasteiger partial charge in [-0.15, -0.1) is 0 Å². The lowest BCUT2D eigenvalue weighted by atomic mass is 10.1. The van der Waals surface area contributed by atoms with Gasteiger partial charge < -0.3 is 0 Å². The highest BCUT2D eigenvalue weighted by Crippen LogP contribution is 2.36. The second-order valence-electron chi connectivity index (χ2n) is 3.11. The predicted molar refractivity (Wildman–Crippen MR) is 49.0 cm³/mol. The fraction of sp³-hybridized carbons (Fsp3) is 0.625. The van der Waals surface area contributed by atoms with Crippen LogP contribution in [0.4, 0.5) is 0 Å². The number of aromatic nitrogens is 3. The van der Waals surface area contributed by atoms with E-state index in [4.69, 9.17) is 5.26 Å². The molecule has 68 valence electrons. The van der Waals surface area contributed by atoms with Crippen LogP contribution in [0.2, 0.25) is 0 Å². The summed E-state index contributed by atoms with van der Waals surface area (Å²) in [4.78, 5) is 4.04. The average Bonchev–Trinajstić information content (AvgIpc) is 2.76. The zero-order chi connectivity index (χ0) is 9.10. The summed E-state index contributed by atoms with van der Waals surface area (Å²) in [5.41, 5.74) is 0. The van der Waals surface area contributed by atoms with Gasteiger partial charge >= 0.3 is 0 Å². The zero-order valence-electron chi connectivity index (χ0n) is 7.10. The Labute approximate surface area is 80.7 Å². The Kier molecular flexibility index (Phi) is 2.50. The third kappa shape index (κ3) is 1.83. The average molecular weight is 194 g/mol. The first-order valence-corrected chi connectivity index (χ1v) is 5.20. The van der Waals surface area contributed by atoms with Gasteiger partial charge in [0.2, 0.25) is 0 Å². The van der Waals surface area contributed by atoms with Crippen molar-refractivity contribution in [2.24, 2.45) is 5.92 Å². The van der Waals surface area contributed by atoms with Gasteiger partial charge in [0.05, 0.1) is 12.0 Å². The van der Waals surface area contributed by atoms with E-state index in [1.165, 1.54) is 6.33 Å². The van der Waals surface area contributed by atoms with Crippen molar-refractivity contribution in [1.82, 2.24) is 15.2 Å². The van der Waals surface area contributed by atoms with E-state index in [2.05, 4.69) is 21.3 Å². The molecule has 1 aliphatic carbocycles. The molecule has 0 bridgehead atoms. The molecular formula is C8H10N4S. The first kappa shape index (κ1) is 8.57. The third-order valence-corrected chi connectivity index (χ3v) is 3.56. The number of aromatic amines is 1. The summed E-state index contributed by atoms with van der Waals surface area (Å²) in [6, 6.07) is 2.34. The van der Waals surface area contributed by atoms with Gasteiger partial charge in [-0.3, -0.25) is 5.10 Å². The summed E-state index contributed by atoms with van der Waals surface area (Å²) in [7, 11) is 0. The number of hydrogen-bond acceptors (Lipinski definition) is 4. The molecule has 0 spiro atoms. The van der Waals surface area contributed by atoms with E-state index < -0.39 is 0 Å². The highest BCUT2D eigenvalue weighted by Gasteiger charge is 2.28. The fourth-order valence-corrected chi connectivity index (χ4v) is 2.76. The van der Waals surface area contributed by atoms with Gasteiger partial charge in [-0.25, -0.2) is 4.98 Å². The van der Waals surface area contributed by atoms with Gasteiger partial charge in [0.15, 0.2) is 5.16 Å². The van der Waals surface area contributed by atoms with Gasteiger partial charge in [0, 0.05) is 5.25 Å². The van der Waals surface area contributed by atoms with Crippen LogP contribution in [0.15, 0.2) is 11.5 Å². The maximum atomic E-state index is 8.86. The molecular weight excluding hydrogens is 184 g/mol. The monoisotopic (exact) mass is 194 g/mol. The largest absolute Gasteiger partial charge is 0.254 e. The number of rotatable bonds is 2. The summed E-state index contributed by atoms with van der Waals surface area (Å²) in [6.45, 7) is 0. The highest BCUT2D eigenvalue weighted by atomic mass is 32.2. The fourth-order valence-electron chi connectivity index (χ4n) is 1.61. The SMILES string of the molecule is N#CC1CCCC1Sc1ncn[nH]1. The maximum absolute atomic E-state index is 8.86. The number of nitriles is 1. The summed E-state index contributed by atoms with van der Waals surface area (Å²) in [5, 5.41) is 16.7. The Morgan fingerprint density at radius 1 is 1.62 bits per heavy atom. The van der Waals surface area contributed by atoms with E-state index in [9.17, 15) is 0 Å². The smallest absolute Gasteiger partial charge is 0.183 e. The number of H-pyrrole nitrogens is 1. The van der Waals surface area contributed by atoms with Crippen LogP contribution in [0.5, 0.6) is 0 Å². The van der Waals surface area contributed by atoms with E-state index in [-0.39, 0.29) is 5.92 Å². The number of hydrogen-bond donors (Lipinski definition) is 1. The molecule has 1 N–H and O–H groups in total. The quantitative estimate of drug-likeness (QED) is 0.776. The minimum Gasteiger partial charge on any atom is -0.254 e. The molecule has 1 saturated carbocycles. The molecule has 1 aromatic heterocycles. The van der Waals surface area contributed by atoms with Crippen molar-refractivity contribution in [2.75, 3.05) is 0 Å². The Balaban J connectivity index is 1.99. The number of nitrogens with one attached hydrogen (secondary N) is 1. The van der Waals surface area contributed by atoms with Crippen molar-refractivity contribution < 1.29 is 0 Å². The van der Waals surface area contributed by atoms with Gasteiger partial charge in [0.25, 0.3) is 0 Å². The minimum atomic E-state index is 0.190. The van der Waals surface area contributed by atoms with Crippen molar-refractivity contribution in [1.29, 1.82) is 5.26 Å². The molecule has 1 fully saturated rings. The molecule has 2 atom stereocenters. The lowest BCUT2D eigenvalue weighted by Crippen LogP contribution is -2.07. The Bertz CT molecular complexity index is 302. The van der Waals surface area contributed by atoms with E-state index in [1.54, 1.807) is 11.8 Å². The second-order valence-corrected chi connectivity index (χ2v) is 4.34. The molecule has 0 radical (unpaired) electrons. The normalized spacial score (nSPS) is 27.3. The molecule has 5 heteroatoms. The van der Waals surface area contributed by atoms with E-state index in [0.717, 1.165) is 24.4 Å². The van der Waals surface area contributed by atoms with Crippen molar-refractivity contribution in [3.63, 3.8) is 0 Å². The molecule has 0 aromatic carbocycles. The van der Waals surface area contributed by atoms with Crippen LogP contribution in [-0.4, -0.2) is 20.4 Å². The maximum Gasteiger partial charge on any atom is 0.183 e. The molecule has 0 saturated heterocycles. The van der Waals surface area contributed by atoms with Crippen LogP contribution in [-0.2, 0) is 0 Å². The highest BCUT2D eigenvalue weighted by molar-refractivity contribution is 7.99. The Hall–Kier alpha value is -1.02. The van der Waals surface area contributed by atoms with Gasteiger partial charge in [0.1, 0.15) is 6.33 Å². The Morgan fingerprint density at radius 2 is 2.54 bits per heavy atom. The van der Waals surface area contributed by atoms with Crippen LogP contribution in [0.25, 0.3) is 0 Å².